The smallest absolute Gasteiger partial charge is 0.124 e. The molecule has 90 valence electrons. The van der Waals surface area contributed by atoms with Crippen molar-refractivity contribution in [2.45, 2.75) is 32.5 Å². The molecule has 0 saturated heterocycles. The summed E-state index contributed by atoms with van der Waals surface area (Å²) >= 11 is 3.21. The summed E-state index contributed by atoms with van der Waals surface area (Å²) in [6.07, 6.45) is -0.117. The van der Waals surface area contributed by atoms with Gasteiger partial charge in [-0.25, -0.2) is 4.39 Å². The molecule has 1 atom stereocenters. The Morgan fingerprint density at radius 3 is 2.62 bits per heavy atom. The van der Waals surface area contributed by atoms with Crippen LogP contribution >= 0.6 is 15.9 Å². The van der Waals surface area contributed by atoms with E-state index in [1.807, 2.05) is 13.8 Å². The minimum absolute atomic E-state index is 0.0916. The molecule has 1 aromatic carbocycles. The zero-order valence-corrected chi connectivity index (χ0v) is 11.0. The molecule has 1 unspecified atom stereocenters. The number of hydrogen-bond donors (Lipinski definition) is 1. The molecule has 0 amide bonds. The standard InChI is InChI=1S/C12H16BrFO2/c1-8(2)16-7-12(15)5-9-3-10(13)6-11(14)4-9/h3-4,6,8,12,15H,5,7H2,1-2H3. The molecule has 0 aromatic heterocycles. The Bertz CT molecular complexity index is 322. The SMILES string of the molecule is CC(C)OCC(O)Cc1cc(F)cc(Br)c1. The molecule has 4 heteroatoms. The number of halogens is 2. The Kier molecular flexibility index (Phi) is 5.38. The van der Waals surface area contributed by atoms with E-state index < -0.39 is 6.10 Å². The van der Waals surface area contributed by atoms with Crippen molar-refractivity contribution in [1.82, 2.24) is 0 Å². The third-order valence-electron chi connectivity index (χ3n) is 2.02. The van der Waals surface area contributed by atoms with Gasteiger partial charge in [-0.15, -0.1) is 0 Å². The molecule has 0 aliphatic rings. The predicted octanol–water partition coefficient (Wildman–Crippen LogP) is 2.92. The molecule has 1 N–H and O–H groups in total. The van der Waals surface area contributed by atoms with Gasteiger partial charge in [-0.3, -0.25) is 0 Å². The minimum Gasteiger partial charge on any atom is -0.390 e. The van der Waals surface area contributed by atoms with Gasteiger partial charge in [0.2, 0.25) is 0 Å². The van der Waals surface area contributed by atoms with E-state index in [1.54, 1.807) is 6.07 Å². The molecule has 0 spiro atoms. The number of aliphatic hydroxyl groups excluding tert-OH is 1. The van der Waals surface area contributed by atoms with Gasteiger partial charge < -0.3 is 9.84 Å². The lowest BCUT2D eigenvalue weighted by Crippen LogP contribution is -2.20. The molecule has 16 heavy (non-hydrogen) atoms. The van der Waals surface area contributed by atoms with Crippen LogP contribution in [0, 0.1) is 5.82 Å². The van der Waals surface area contributed by atoms with Crippen molar-refractivity contribution in [2.24, 2.45) is 0 Å². The number of aliphatic hydroxyl groups is 1. The van der Waals surface area contributed by atoms with Crippen molar-refractivity contribution in [1.29, 1.82) is 0 Å². The van der Waals surface area contributed by atoms with E-state index in [4.69, 9.17) is 4.74 Å². The monoisotopic (exact) mass is 290 g/mol. The first-order valence-corrected chi connectivity index (χ1v) is 6.01. The van der Waals surface area contributed by atoms with Gasteiger partial charge in [0, 0.05) is 10.9 Å². The molecule has 0 aliphatic heterocycles. The van der Waals surface area contributed by atoms with E-state index in [-0.39, 0.29) is 18.5 Å². The lowest BCUT2D eigenvalue weighted by atomic mass is 10.1. The van der Waals surface area contributed by atoms with E-state index in [0.29, 0.717) is 10.9 Å². The molecule has 0 bridgehead atoms. The molecule has 0 radical (unpaired) electrons. The van der Waals surface area contributed by atoms with E-state index >= 15 is 0 Å². The van der Waals surface area contributed by atoms with E-state index in [1.165, 1.54) is 12.1 Å². The second-order valence-electron chi connectivity index (χ2n) is 4.02. The zero-order valence-electron chi connectivity index (χ0n) is 9.41. The molecule has 2 nitrogen and oxygen atoms in total. The largest absolute Gasteiger partial charge is 0.390 e. The second-order valence-corrected chi connectivity index (χ2v) is 4.93. The van der Waals surface area contributed by atoms with E-state index in [0.717, 1.165) is 5.56 Å². The highest BCUT2D eigenvalue weighted by Gasteiger charge is 2.08. The van der Waals surface area contributed by atoms with Crippen LogP contribution in [0.15, 0.2) is 22.7 Å². The minimum atomic E-state index is -0.601. The summed E-state index contributed by atoms with van der Waals surface area (Å²) in [6, 6.07) is 4.60. The van der Waals surface area contributed by atoms with Crippen molar-refractivity contribution in [3.8, 4) is 0 Å². The average Bonchev–Trinajstić information content (AvgIpc) is 2.12. The quantitative estimate of drug-likeness (QED) is 0.904. The summed E-state index contributed by atoms with van der Waals surface area (Å²) in [5, 5.41) is 9.67. The van der Waals surface area contributed by atoms with Crippen LogP contribution in [0.3, 0.4) is 0 Å². The molecule has 0 aliphatic carbocycles. The lowest BCUT2D eigenvalue weighted by molar-refractivity contribution is 0.00619. The molecule has 1 rings (SSSR count). The van der Waals surface area contributed by atoms with Gasteiger partial charge in [0.25, 0.3) is 0 Å². The molecule has 0 fully saturated rings. The molecular weight excluding hydrogens is 275 g/mol. The fourth-order valence-electron chi connectivity index (χ4n) is 1.36. The van der Waals surface area contributed by atoms with Crippen molar-refractivity contribution >= 4 is 15.9 Å². The van der Waals surface area contributed by atoms with Crippen LogP contribution in [0.25, 0.3) is 0 Å². The Morgan fingerprint density at radius 1 is 1.38 bits per heavy atom. The predicted molar refractivity (Wildman–Crippen MR) is 64.9 cm³/mol. The van der Waals surface area contributed by atoms with Gasteiger partial charge in [-0.1, -0.05) is 15.9 Å². The first-order valence-electron chi connectivity index (χ1n) is 5.22. The van der Waals surface area contributed by atoms with Crippen LogP contribution in [0.2, 0.25) is 0 Å². The fourth-order valence-corrected chi connectivity index (χ4v) is 1.88. The number of benzene rings is 1. The summed E-state index contributed by atoms with van der Waals surface area (Å²) in [5.74, 6) is -0.304. The second kappa shape index (κ2) is 6.33. The van der Waals surface area contributed by atoms with Crippen LogP contribution in [0.1, 0.15) is 19.4 Å². The molecular formula is C12H16BrFO2. The molecule has 1 aromatic rings. The summed E-state index contributed by atoms with van der Waals surface area (Å²) in [5.41, 5.74) is 0.756. The molecule has 0 saturated carbocycles. The third-order valence-corrected chi connectivity index (χ3v) is 2.47. The summed E-state index contributed by atoms with van der Waals surface area (Å²) in [6.45, 7) is 4.09. The Hall–Kier alpha value is -0.450. The Morgan fingerprint density at radius 2 is 2.06 bits per heavy atom. The topological polar surface area (TPSA) is 29.5 Å². The van der Waals surface area contributed by atoms with Crippen molar-refractivity contribution in [3.05, 3.63) is 34.1 Å². The summed E-state index contributed by atoms with van der Waals surface area (Å²) in [4.78, 5) is 0. The highest BCUT2D eigenvalue weighted by Crippen LogP contribution is 2.16. The van der Waals surface area contributed by atoms with Crippen molar-refractivity contribution < 1.29 is 14.2 Å². The van der Waals surface area contributed by atoms with Gasteiger partial charge in [0.05, 0.1) is 18.8 Å². The number of ether oxygens (including phenoxy) is 1. The van der Waals surface area contributed by atoms with Crippen molar-refractivity contribution in [3.63, 3.8) is 0 Å². The first-order chi connectivity index (χ1) is 7.47. The maximum absolute atomic E-state index is 13.0. The highest BCUT2D eigenvalue weighted by molar-refractivity contribution is 9.10. The lowest BCUT2D eigenvalue weighted by Gasteiger charge is -2.13. The molecule has 0 heterocycles. The van der Waals surface area contributed by atoms with Crippen LogP contribution in [0.4, 0.5) is 4.39 Å². The van der Waals surface area contributed by atoms with Crippen LogP contribution in [-0.4, -0.2) is 23.9 Å². The zero-order chi connectivity index (χ0) is 12.1. The number of hydrogen-bond acceptors (Lipinski definition) is 2. The van der Waals surface area contributed by atoms with Gasteiger partial charge in [0.1, 0.15) is 5.82 Å². The highest BCUT2D eigenvalue weighted by atomic mass is 79.9. The Labute approximate surface area is 104 Å². The van der Waals surface area contributed by atoms with Crippen molar-refractivity contribution in [2.75, 3.05) is 6.61 Å². The summed E-state index contributed by atoms with van der Waals surface area (Å²) < 4.78 is 19.0. The van der Waals surface area contributed by atoms with Gasteiger partial charge in [-0.05, 0) is 37.6 Å². The first kappa shape index (κ1) is 13.6. The third kappa shape index (κ3) is 5.05. The van der Waals surface area contributed by atoms with E-state index in [9.17, 15) is 9.50 Å². The van der Waals surface area contributed by atoms with Gasteiger partial charge in [0.15, 0.2) is 0 Å². The van der Waals surface area contributed by atoms with Gasteiger partial charge >= 0.3 is 0 Å². The maximum atomic E-state index is 13.0. The average molecular weight is 291 g/mol. The van der Waals surface area contributed by atoms with Crippen LogP contribution in [0.5, 0.6) is 0 Å². The van der Waals surface area contributed by atoms with Crippen LogP contribution in [-0.2, 0) is 11.2 Å². The normalized spacial score (nSPS) is 13.1. The van der Waals surface area contributed by atoms with Crippen LogP contribution < -0.4 is 0 Å². The number of rotatable bonds is 5. The fraction of sp³-hybridized carbons (Fsp3) is 0.500. The van der Waals surface area contributed by atoms with Gasteiger partial charge in [-0.2, -0.15) is 0 Å². The van der Waals surface area contributed by atoms with E-state index in [2.05, 4.69) is 15.9 Å². The Balaban J connectivity index is 2.52. The summed E-state index contributed by atoms with van der Waals surface area (Å²) in [7, 11) is 0. The maximum Gasteiger partial charge on any atom is 0.124 e.